The first-order valence-electron chi connectivity index (χ1n) is 6.19. The fourth-order valence-corrected chi connectivity index (χ4v) is 2.77. The molecule has 0 aromatic carbocycles. The Morgan fingerprint density at radius 2 is 1.94 bits per heavy atom. The van der Waals surface area contributed by atoms with Crippen molar-refractivity contribution in [2.24, 2.45) is 0 Å². The first kappa shape index (κ1) is 13.4. The summed E-state index contributed by atoms with van der Waals surface area (Å²) < 4.78 is 0. The van der Waals surface area contributed by atoms with Gasteiger partial charge >= 0.3 is 0 Å². The number of rotatable bonds is 2. The molecule has 5 nitrogen and oxygen atoms in total. The second-order valence-corrected chi connectivity index (χ2v) is 6.83. The van der Waals surface area contributed by atoms with E-state index < -0.39 is 5.60 Å². The van der Waals surface area contributed by atoms with Crippen LogP contribution in [0.25, 0.3) is 0 Å². The topological polar surface area (TPSA) is 75.1 Å². The highest BCUT2D eigenvalue weighted by atomic mass is 32.1. The highest BCUT2D eigenvalue weighted by Crippen LogP contribution is 2.32. The number of aliphatic hydroxyl groups is 1. The van der Waals surface area contributed by atoms with E-state index in [9.17, 15) is 9.90 Å². The van der Waals surface area contributed by atoms with Crippen LogP contribution < -0.4 is 5.32 Å². The lowest BCUT2D eigenvalue weighted by molar-refractivity contribution is -0.133. The molecule has 18 heavy (non-hydrogen) atoms. The van der Waals surface area contributed by atoms with Gasteiger partial charge in [-0.2, -0.15) is 0 Å². The van der Waals surface area contributed by atoms with Crippen LogP contribution in [0.4, 0.5) is 5.13 Å². The predicted octanol–water partition coefficient (Wildman–Crippen LogP) is 2.08. The minimum absolute atomic E-state index is 0.0785. The van der Waals surface area contributed by atoms with E-state index in [1.54, 1.807) is 0 Å². The van der Waals surface area contributed by atoms with Crippen LogP contribution in [0.15, 0.2) is 0 Å². The Morgan fingerprint density at radius 3 is 2.44 bits per heavy atom. The lowest BCUT2D eigenvalue weighted by Crippen LogP contribution is -2.40. The maximum atomic E-state index is 12.0. The number of carbonyl (C=O) groups is 1. The first-order chi connectivity index (χ1) is 8.31. The van der Waals surface area contributed by atoms with Gasteiger partial charge in [-0.3, -0.25) is 10.1 Å². The van der Waals surface area contributed by atoms with E-state index in [0.717, 1.165) is 17.8 Å². The third kappa shape index (κ3) is 2.70. The molecule has 0 unspecified atom stereocenters. The summed E-state index contributed by atoms with van der Waals surface area (Å²) in [6, 6.07) is 0. The summed E-state index contributed by atoms with van der Waals surface area (Å²) in [7, 11) is 0. The normalized spacial score (nSPS) is 18.9. The second-order valence-electron chi connectivity index (χ2n) is 5.86. The predicted molar refractivity (Wildman–Crippen MR) is 70.7 cm³/mol. The van der Waals surface area contributed by atoms with Crippen molar-refractivity contribution in [3.8, 4) is 0 Å². The molecule has 0 atom stereocenters. The van der Waals surface area contributed by atoms with Gasteiger partial charge in [-0.1, -0.05) is 32.1 Å². The first-order valence-corrected chi connectivity index (χ1v) is 7.01. The standard InChI is InChI=1S/C12H19N3O2S/c1-11(2,3)9-14-15-10(18-9)13-8(16)12(17)6-4-5-7-12/h17H,4-7H2,1-3H3,(H,13,15,16). The average molecular weight is 269 g/mol. The molecule has 1 aromatic rings. The molecule has 100 valence electrons. The van der Waals surface area contributed by atoms with Crippen molar-refractivity contribution in [3.63, 3.8) is 0 Å². The highest BCUT2D eigenvalue weighted by Gasteiger charge is 2.39. The van der Waals surface area contributed by atoms with Gasteiger partial charge < -0.3 is 5.11 Å². The Kier molecular flexibility index (Phi) is 3.42. The molecular formula is C12H19N3O2S. The lowest BCUT2D eigenvalue weighted by Gasteiger charge is -2.19. The summed E-state index contributed by atoms with van der Waals surface area (Å²) in [5.74, 6) is -0.350. The van der Waals surface area contributed by atoms with Gasteiger partial charge in [0.25, 0.3) is 5.91 Å². The minimum Gasteiger partial charge on any atom is -0.380 e. The fraction of sp³-hybridized carbons (Fsp3) is 0.750. The molecule has 1 aliphatic carbocycles. The molecule has 0 spiro atoms. The zero-order valence-electron chi connectivity index (χ0n) is 11.0. The van der Waals surface area contributed by atoms with E-state index in [1.165, 1.54) is 11.3 Å². The van der Waals surface area contributed by atoms with Gasteiger partial charge in [0, 0.05) is 5.41 Å². The van der Waals surface area contributed by atoms with Crippen molar-refractivity contribution < 1.29 is 9.90 Å². The quantitative estimate of drug-likeness (QED) is 0.862. The molecule has 1 saturated carbocycles. The molecule has 1 amide bonds. The Morgan fingerprint density at radius 1 is 1.33 bits per heavy atom. The smallest absolute Gasteiger partial charge is 0.258 e. The Hall–Kier alpha value is -1.01. The zero-order chi connectivity index (χ0) is 13.4. The van der Waals surface area contributed by atoms with Crippen LogP contribution in [0.3, 0.4) is 0 Å². The highest BCUT2D eigenvalue weighted by molar-refractivity contribution is 7.15. The van der Waals surface area contributed by atoms with Gasteiger partial charge in [0.05, 0.1) is 0 Å². The number of amides is 1. The number of nitrogens with one attached hydrogen (secondary N) is 1. The van der Waals surface area contributed by atoms with E-state index in [0.29, 0.717) is 18.0 Å². The molecule has 6 heteroatoms. The summed E-state index contributed by atoms with van der Waals surface area (Å²) in [6.45, 7) is 6.14. The molecule has 2 rings (SSSR count). The van der Waals surface area contributed by atoms with Crippen LogP contribution in [-0.4, -0.2) is 26.8 Å². The Labute approximate surface area is 111 Å². The largest absolute Gasteiger partial charge is 0.380 e. The van der Waals surface area contributed by atoms with Crippen LogP contribution in [-0.2, 0) is 10.2 Å². The molecule has 2 N–H and O–H groups in total. The average Bonchev–Trinajstić information content (AvgIpc) is 2.86. The molecule has 0 saturated heterocycles. The van der Waals surface area contributed by atoms with Crippen molar-refractivity contribution in [1.82, 2.24) is 10.2 Å². The van der Waals surface area contributed by atoms with Gasteiger partial charge in [0.2, 0.25) is 5.13 Å². The maximum Gasteiger partial charge on any atom is 0.258 e. The van der Waals surface area contributed by atoms with Crippen molar-refractivity contribution in [2.45, 2.75) is 57.5 Å². The van der Waals surface area contributed by atoms with Crippen molar-refractivity contribution in [3.05, 3.63) is 5.01 Å². The number of anilines is 1. The molecule has 1 aliphatic rings. The third-order valence-electron chi connectivity index (χ3n) is 3.14. The van der Waals surface area contributed by atoms with Crippen LogP contribution in [0.5, 0.6) is 0 Å². The van der Waals surface area contributed by atoms with Gasteiger partial charge in [0.15, 0.2) is 0 Å². The van der Waals surface area contributed by atoms with Crippen LogP contribution in [0.2, 0.25) is 0 Å². The summed E-state index contributed by atoms with van der Waals surface area (Å²) in [5.41, 5.74) is -1.29. The van der Waals surface area contributed by atoms with E-state index in [-0.39, 0.29) is 11.3 Å². The lowest BCUT2D eigenvalue weighted by atomic mass is 9.98. The third-order valence-corrected chi connectivity index (χ3v) is 4.40. The molecule has 1 heterocycles. The van der Waals surface area contributed by atoms with E-state index in [2.05, 4.69) is 15.5 Å². The zero-order valence-corrected chi connectivity index (χ0v) is 11.8. The molecule has 1 fully saturated rings. The Bertz CT molecular complexity index is 444. The number of hydrogen-bond donors (Lipinski definition) is 2. The van der Waals surface area contributed by atoms with Crippen LogP contribution in [0.1, 0.15) is 51.5 Å². The van der Waals surface area contributed by atoms with Gasteiger partial charge in [-0.25, -0.2) is 0 Å². The fourth-order valence-electron chi connectivity index (χ4n) is 1.98. The number of aromatic nitrogens is 2. The molecule has 0 aliphatic heterocycles. The Balaban J connectivity index is 2.06. The molecule has 1 aromatic heterocycles. The van der Waals surface area contributed by atoms with Gasteiger partial charge in [-0.05, 0) is 25.7 Å². The number of nitrogens with zero attached hydrogens (tertiary/aromatic N) is 2. The van der Waals surface area contributed by atoms with Crippen LogP contribution in [0, 0.1) is 0 Å². The number of hydrogen-bond acceptors (Lipinski definition) is 5. The van der Waals surface area contributed by atoms with Gasteiger partial charge in [0.1, 0.15) is 10.6 Å². The minimum atomic E-state index is -1.21. The summed E-state index contributed by atoms with van der Waals surface area (Å²) in [6.07, 6.45) is 2.86. The SMILES string of the molecule is CC(C)(C)c1nnc(NC(=O)C2(O)CCCC2)s1. The molecule has 0 bridgehead atoms. The molecule has 0 radical (unpaired) electrons. The van der Waals surface area contributed by atoms with Gasteiger partial charge in [-0.15, -0.1) is 10.2 Å². The molecular weight excluding hydrogens is 250 g/mol. The van der Waals surface area contributed by atoms with E-state index >= 15 is 0 Å². The number of carbonyl (C=O) groups excluding carboxylic acids is 1. The second kappa shape index (κ2) is 4.59. The summed E-state index contributed by atoms with van der Waals surface area (Å²) >= 11 is 1.36. The van der Waals surface area contributed by atoms with E-state index in [1.807, 2.05) is 20.8 Å². The van der Waals surface area contributed by atoms with Crippen molar-refractivity contribution >= 4 is 22.4 Å². The van der Waals surface area contributed by atoms with Crippen molar-refractivity contribution in [1.29, 1.82) is 0 Å². The maximum absolute atomic E-state index is 12.0. The van der Waals surface area contributed by atoms with Crippen molar-refractivity contribution in [2.75, 3.05) is 5.32 Å². The monoisotopic (exact) mass is 269 g/mol. The summed E-state index contributed by atoms with van der Waals surface area (Å²) in [5, 5.41) is 22.2. The summed E-state index contributed by atoms with van der Waals surface area (Å²) in [4.78, 5) is 12.0. The van der Waals surface area contributed by atoms with Crippen LogP contribution >= 0.6 is 11.3 Å². The van der Waals surface area contributed by atoms with E-state index in [4.69, 9.17) is 0 Å².